The molecule has 5 heteroatoms. The molecule has 0 saturated carbocycles. The van der Waals surface area contributed by atoms with Crippen LogP contribution in [0.1, 0.15) is 126 Å². The van der Waals surface area contributed by atoms with Gasteiger partial charge in [-0.1, -0.05) is 55.4 Å². The Bertz CT molecular complexity index is 1440. The van der Waals surface area contributed by atoms with Crippen molar-refractivity contribution in [3.05, 3.63) is 69.3 Å². The summed E-state index contributed by atoms with van der Waals surface area (Å²) in [5.74, 6) is 0. The second-order valence-electron chi connectivity index (χ2n) is 10.9. The van der Waals surface area contributed by atoms with Crippen molar-refractivity contribution in [2.45, 2.75) is 107 Å². The Hall–Kier alpha value is -2.71. The third kappa shape index (κ3) is 5.34. The molecular weight excluding hydrogens is 684 g/mol. The number of fused-ring (bicyclic) bond motifs is 8. The molecule has 3 aromatic rings. The first-order valence-electron chi connectivity index (χ1n) is 15.7. The molecule has 0 amide bonds. The van der Waals surface area contributed by atoms with Crippen LogP contribution in [-0.4, -0.2) is 19.9 Å². The van der Waals surface area contributed by atoms with E-state index in [1.165, 1.54) is 66.6 Å². The second kappa shape index (κ2) is 13.1. The fourth-order valence-corrected chi connectivity index (χ4v) is 7.10. The van der Waals surface area contributed by atoms with Gasteiger partial charge in [-0.05, 0) is 120 Å². The molecule has 0 radical (unpaired) electrons. The number of nitrogens with zero attached hydrogens (tertiary/aromatic N) is 2. The quantitative estimate of drug-likeness (QED) is 0.243. The summed E-state index contributed by atoms with van der Waals surface area (Å²) in [6.45, 7) is 18.1. The maximum absolute atomic E-state index is 5.29. The second-order valence-corrected chi connectivity index (χ2v) is 10.9. The molecule has 0 aliphatic carbocycles. The first-order chi connectivity index (χ1) is 19.5. The maximum Gasteiger partial charge on any atom is 2.00 e. The van der Waals surface area contributed by atoms with Crippen molar-refractivity contribution in [1.29, 1.82) is 0 Å². The van der Waals surface area contributed by atoms with E-state index in [0.29, 0.717) is 0 Å². The summed E-state index contributed by atoms with van der Waals surface area (Å²) in [4.78, 5) is 18.2. The number of nitrogens with one attached hydrogen (secondary N) is 2. The zero-order valence-corrected chi connectivity index (χ0v) is 28.4. The van der Waals surface area contributed by atoms with Crippen LogP contribution in [0.4, 0.5) is 0 Å². The summed E-state index contributed by atoms with van der Waals surface area (Å²) in [7, 11) is 0. The summed E-state index contributed by atoms with van der Waals surface area (Å²) >= 11 is 0. The Morgan fingerprint density at radius 1 is 0.390 bits per heavy atom. The Morgan fingerprint density at radius 3 is 0.780 bits per heavy atom. The molecule has 4 nitrogen and oxygen atoms in total. The van der Waals surface area contributed by atoms with Gasteiger partial charge < -0.3 is 9.97 Å². The van der Waals surface area contributed by atoms with Crippen LogP contribution < -0.4 is 0 Å². The fourth-order valence-electron chi connectivity index (χ4n) is 7.10. The van der Waals surface area contributed by atoms with E-state index in [9.17, 15) is 0 Å². The van der Waals surface area contributed by atoms with Gasteiger partial charge in [0.25, 0.3) is 0 Å². The topological polar surface area (TPSA) is 57.4 Å². The van der Waals surface area contributed by atoms with Gasteiger partial charge in [0.1, 0.15) is 0 Å². The van der Waals surface area contributed by atoms with E-state index in [0.717, 1.165) is 74.1 Å². The summed E-state index contributed by atoms with van der Waals surface area (Å²) in [6.07, 6.45) is 7.84. The normalized spacial score (nSPS) is 13.3. The van der Waals surface area contributed by atoms with E-state index >= 15 is 0 Å². The molecule has 0 unspecified atom stereocenters. The minimum absolute atomic E-state index is 0. The molecule has 2 aliphatic rings. The SMILES string of the molecule is CCC1=C(CC)c2cc3[nH]c(cc4nc(cc5[nH]c(cc1n2)c(CC)c5CC)C(CC)=C4CC)c(CC)c3CC.[Pt+2]. The number of H-pyrrole nitrogens is 2. The predicted molar refractivity (Wildman–Crippen MR) is 173 cm³/mol. The van der Waals surface area contributed by atoms with Gasteiger partial charge in [-0.25, -0.2) is 9.97 Å². The molecule has 0 aromatic carbocycles. The van der Waals surface area contributed by atoms with Gasteiger partial charge in [0.05, 0.1) is 22.8 Å². The number of rotatable bonds is 8. The minimum atomic E-state index is 0. The zero-order valence-electron chi connectivity index (χ0n) is 26.2. The van der Waals surface area contributed by atoms with Gasteiger partial charge in [0.2, 0.25) is 0 Å². The van der Waals surface area contributed by atoms with Crippen molar-refractivity contribution in [2.24, 2.45) is 0 Å². The number of aromatic amines is 2. The predicted octanol–water partition coefficient (Wildman–Crippen LogP) is 10.0. The van der Waals surface area contributed by atoms with Gasteiger partial charge in [0.15, 0.2) is 0 Å². The number of allylic oxidation sites excluding steroid dienone is 4. The molecule has 0 atom stereocenters. The standard InChI is InChI=1S/C36H46N4.Pt/c1-9-21-22(10-2)30-18-32-25(13-5)26(14-6)34(39-32)20-36-28(16-8)27(15-7)35(40-36)19-33-24(12-4)23(11-3)31(38-33)17-29(21)37-30;/h17-20,37,40H,9-16H2,1-8H3;/q;+2. The molecule has 8 bridgehead atoms. The van der Waals surface area contributed by atoms with E-state index < -0.39 is 0 Å². The smallest absolute Gasteiger partial charge is 0.355 e. The Labute approximate surface area is 260 Å². The number of hydrogen-bond donors (Lipinski definition) is 2. The van der Waals surface area contributed by atoms with Gasteiger partial charge in [-0.15, -0.1) is 0 Å². The Morgan fingerprint density at radius 2 is 0.610 bits per heavy atom. The van der Waals surface area contributed by atoms with E-state index in [1.54, 1.807) is 0 Å². The molecule has 41 heavy (non-hydrogen) atoms. The van der Waals surface area contributed by atoms with Crippen LogP contribution in [0, 0.1) is 0 Å². The summed E-state index contributed by atoms with van der Waals surface area (Å²) in [5.41, 5.74) is 20.2. The number of hydrogen-bond acceptors (Lipinski definition) is 2. The third-order valence-electron chi connectivity index (χ3n) is 8.97. The molecule has 3 aromatic heterocycles. The van der Waals surface area contributed by atoms with Crippen molar-refractivity contribution in [3.8, 4) is 0 Å². The molecular formula is C36H46N4Pt+2. The van der Waals surface area contributed by atoms with Crippen LogP contribution in [0.15, 0.2) is 24.3 Å². The zero-order chi connectivity index (χ0) is 28.6. The average molecular weight is 730 g/mol. The first kappa shape index (κ1) is 31.2. The van der Waals surface area contributed by atoms with Crippen LogP contribution >= 0.6 is 0 Å². The van der Waals surface area contributed by atoms with Crippen LogP contribution in [-0.2, 0) is 46.7 Å². The molecule has 0 fully saturated rings. The van der Waals surface area contributed by atoms with Crippen LogP contribution in [0.3, 0.4) is 0 Å². The first-order valence-corrected chi connectivity index (χ1v) is 15.7. The van der Waals surface area contributed by atoms with Crippen LogP contribution in [0.5, 0.6) is 0 Å². The molecule has 2 aliphatic heterocycles. The molecule has 0 spiro atoms. The maximum atomic E-state index is 5.29. The average Bonchev–Trinajstić information content (AvgIpc) is 3.67. The van der Waals surface area contributed by atoms with Gasteiger partial charge in [-0.2, -0.15) is 0 Å². The van der Waals surface area contributed by atoms with E-state index in [1.807, 2.05) is 0 Å². The number of aromatic nitrogens is 4. The molecule has 0 saturated heterocycles. The van der Waals surface area contributed by atoms with Gasteiger partial charge >= 0.3 is 21.1 Å². The van der Waals surface area contributed by atoms with Crippen LogP contribution in [0.25, 0.3) is 44.4 Å². The monoisotopic (exact) mass is 729 g/mol. The minimum Gasteiger partial charge on any atom is -0.355 e. The molecule has 5 rings (SSSR count). The van der Waals surface area contributed by atoms with Crippen molar-refractivity contribution in [3.63, 3.8) is 0 Å². The van der Waals surface area contributed by atoms with Crippen molar-refractivity contribution in [2.75, 3.05) is 0 Å². The van der Waals surface area contributed by atoms with Crippen molar-refractivity contribution in [1.82, 2.24) is 19.9 Å². The number of aryl methyl sites for hydroxylation is 4. The Kier molecular flexibility index (Phi) is 9.96. The molecule has 2 N–H and O–H groups in total. The third-order valence-corrected chi connectivity index (χ3v) is 8.97. The molecule has 5 heterocycles. The van der Waals surface area contributed by atoms with E-state index in [2.05, 4.69) is 89.6 Å². The van der Waals surface area contributed by atoms with Gasteiger partial charge in [-0.3, -0.25) is 0 Å². The van der Waals surface area contributed by atoms with Crippen LogP contribution in [0.2, 0.25) is 0 Å². The van der Waals surface area contributed by atoms with Crippen molar-refractivity contribution >= 4 is 44.4 Å². The van der Waals surface area contributed by atoms with E-state index in [-0.39, 0.29) is 21.1 Å². The van der Waals surface area contributed by atoms with Gasteiger partial charge in [0, 0.05) is 22.1 Å². The summed E-state index contributed by atoms with van der Waals surface area (Å²) < 4.78 is 0. The summed E-state index contributed by atoms with van der Waals surface area (Å²) in [5, 5.41) is 0. The summed E-state index contributed by atoms with van der Waals surface area (Å²) in [6, 6.07) is 9.24. The Balaban J connectivity index is 0.00000387. The van der Waals surface area contributed by atoms with Crippen molar-refractivity contribution < 1.29 is 21.1 Å². The molecule has 218 valence electrons. The largest absolute Gasteiger partial charge is 2.00 e. The fraction of sp³-hybridized carbons (Fsp3) is 0.444. The van der Waals surface area contributed by atoms with E-state index in [4.69, 9.17) is 9.97 Å².